The first-order valence-electron chi connectivity index (χ1n) is 6.98. The summed E-state index contributed by atoms with van der Waals surface area (Å²) in [6.07, 6.45) is 0.476. The molecule has 2 rings (SSSR count). The lowest BCUT2D eigenvalue weighted by atomic mass is 10.1. The molecule has 0 spiro atoms. The third-order valence-electron chi connectivity index (χ3n) is 3.08. The van der Waals surface area contributed by atoms with Gasteiger partial charge in [0.1, 0.15) is 12.4 Å². The maximum Gasteiger partial charge on any atom is 0.336 e. The number of aromatic nitrogens is 1. The summed E-state index contributed by atoms with van der Waals surface area (Å²) in [5, 5.41) is 2.83. The molecule has 136 valence electrons. The van der Waals surface area contributed by atoms with Gasteiger partial charge in [-0.25, -0.2) is 13.6 Å². The number of anilines is 1. The monoisotopic (exact) mass is 407 g/mol. The third kappa shape index (κ3) is 5.72. The van der Waals surface area contributed by atoms with Gasteiger partial charge in [-0.1, -0.05) is 17.7 Å². The van der Waals surface area contributed by atoms with E-state index in [0.29, 0.717) is 17.2 Å². The highest BCUT2D eigenvalue weighted by molar-refractivity contribution is 7.84. The van der Waals surface area contributed by atoms with Crippen LogP contribution < -0.4 is 10.0 Å². The van der Waals surface area contributed by atoms with Gasteiger partial charge in [0.15, 0.2) is 5.13 Å². The largest absolute Gasteiger partial charge is 0.336 e. The summed E-state index contributed by atoms with van der Waals surface area (Å²) in [4.78, 5) is 16.8. The lowest BCUT2D eigenvalue weighted by Crippen LogP contribution is -2.27. The maximum absolute atomic E-state index is 13.2. The van der Waals surface area contributed by atoms with Gasteiger partial charge in [0.2, 0.25) is 0 Å². The molecule has 0 bridgehead atoms. The molecule has 1 aromatic carbocycles. The molecule has 0 saturated heterocycles. The van der Waals surface area contributed by atoms with Crippen molar-refractivity contribution in [1.29, 1.82) is 0 Å². The number of carbonyl (C=O) groups is 1. The van der Waals surface area contributed by atoms with Crippen molar-refractivity contribution in [3.63, 3.8) is 0 Å². The molecule has 0 saturated carbocycles. The van der Waals surface area contributed by atoms with E-state index in [1.807, 2.05) is 4.72 Å². The van der Waals surface area contributed by atoms with Crippen molar-refractivity contribution in [3.8, 4) is 0 Å². The third-order valence-corrected chi connectivity index (χ3v) is 5.37. The van der Waals surface area contributed by atoms with Crippen LogP contribution in [-0.2, 0) is 25.7 Å². The van der Waals surface area contributed by atoms with Crippen molar-refractivity contribution in [2.45, 2.75) is 13.3 Å². The Hall–Kier alpha value is -1.59. The highest BCUT2D eigenvalue weighted by atomic mass is 35.5. The number of thiazole rings is 1. The first-order chi connectivity index (χ1) is 11.7. The molecule has 0 atom stereocenters. The van der Waals surface area contributed by atoms with E-state index in [1.165, 1.54) is 30.5 Å². The van der Waals surface area contributed by atoms with E-state index in [4.69, 9.17) is 11.6 Å². The zero-order valence-electron chi connectivity index (χ0n) is 13.3. The van der Waals surface area contributed by atoms with Crippen molar-refractivity contribution in [3.05, 3.63) is 45.2 Å². The first kappa shape index (κ1) is 19.7. The van der Waals surface area contributed by atoms with E-state index in [-0.39, 0.29) is 5.02 Å². The molecule has 11 heteroatoms. The average Bonchev–Trinajstić information content (AvgIpc) is 2.88. The Kier molecular flexibility index (Phi) is 6.47. The number of rotatable bonds is 7. The molecule has 25 heavy (non-hydrogen) atoms. The van der Waals surface area contributed by atoms with E-state index in [1.54, 1.807) is 13.0 Å². The number of hydrogen-bond acceptors (Lipinski definition) is 6. The SMILES string of the molecule is CNS(=O)(=O)OCC(=O)Nc1nc(C)c(Cc2ccc(F)c(Cl)c2)s1. The Balaban J connectivity index is 2.01. The Bertz CT molecular complexity index is 886. The molecule has 0 unspecified atom stereocenters. The highest BCUT2D eigenvalue weighted by Gasteiger charge is 2.14. The van der Waals surface area contributed by atoms with Crippen molar-refractivity contribution in [1.82, 2.24) is 9.71 Å². The van der Waals surface area contributed by atoms with Gasteiger partial charge < -0.3 is 0 Å². The number of aryl methyl sites for hydroxylation is 1. The van der Waals surface area contributed by atoms with Crippen LogP contribution in [0, 0.1) is 12.7 Å². The van der Waals surface area contributed by atoms with Crippen molar-refractivity contribution in [2.24, 2.45) is 0 Å². The van der Waals surface area contributed by atoms with E-state index in [0.717, 1.165) is 10.4 Å². The number of amides is 1. The van der Waals surface area contributed by atoms with Crippen LogP contribution in [0.5, 0.6) is 0 Å². The van der Waals surface area contributed by atoms with Gasteiger partial charge in [-0.3, -0.25) is 10.1 Å². The fraction of sp³-hybridized carbons (Fsp3) is 0.286. The summed E-state index contributed by atoms with van der Waals surface area (Å²) < 4.78 is 41.8. The smallest absolute Gasteiger partial charge is 0.300 e. The molecule has 0 radical (unpaired) electrons. The van der Waals surface area contributed by atoms with E-state index in [2.05, 4.69) is 14.5 Å². The van der Waals surface area contributed by atoms with Crippen LogP contribution in [0.25, 0.3) is 0 Å². The van der Waals surface area contributed by atoms with Crippen LogP contribution in [0.2, 0.25) is 5.02 Å². The number of hydrogen-bond donors (Lipinski definition) is 2. The standard InChI is InChI=1S/C14H15ClFN3O4S2/c1-8-12(6-9-3-4-11(16)10(15)5-9)24-14(18-8)19-13(20)7-23-25(21,22)17-2/h3-5,17H,6-7H2,1-2H3,(H,18,19,20). The molecular weight excluding hydrogens is 393 g/mol. The minimum Gasteiger partial charge on any atom is -0.300 e. The van der Waals surface area contributed by atoms with Gasteiger partial charge in [-0.05, 0) is 24.6 Å². The van der Waals surface area contributed by atoms with Gasteiger partial charge in [-0.15, -0.1) is 11.3 Å². The molecule has 1 aromatic heterocycles. The second-order valence-corrected chi connectivity index (χ2v) is 7.96. The predicted octanol–water partition coefficient (Wildman–Crippen LogP) is 2.25. The minimum absolute atomic E-state index is 0.0380. The van der Waals surface area contributed by atoms with Crippen molar-refractivity contribution >= 4 is 44.3 Å². The molecule has 0 aliphatic heterocycles. The zero-order chi connectivity index (χ0) is 18.6. The Morgan fingerprint density at radius 2 is 2.16 bits per heavy atom. The van der Waals surface area contributed by atoms with Crippen LogP contribution in [0.4, 0.5) is 9.52 Å². The number of halogens is 2. The van der Waals surface area contributed by atoms with Crippen LogP contribution in [-0.4, -0.2) is 33.0 Å². The molecule has 2 aromatic rings. The topological polar surface area (TPSA) is 97.4 Å². The Morgan fingerprint density at radius 3 is 2.80 bits per heavy atom. The van der Waals surface area contributed by atoms with Crippen LogP contribution in [0.3, 0.4) is 0 Å². The second-order valence-electron chi connectivity index (χ2n) is 4.92. The predicted molar refractivity (Wildman–Crippen MR) is 93.6 cm³/mol. The van der Waals surface area contributed by atoms with Gasteiger partial charge in [0, 0.05) is 18.3 Å². The number of nitrogens with zero attached hydrogens (tertiary/aromatic N) is 1. The zero-order valence-corrected chi connectivity index (χ0v) is 15.7. The molecule has 2 N–H and O–H groups in total. The molecule has 1 amide bonds. The number of nitrogens with one attached hydrogen (secondary N) is 2. The average molecular weight is 408 g/mol. The van der Waals surface area contributed by atoms with Crippen molar-refractivity contribution < 1.29 is 21.8 Å². The Labute approximate surface area is 153 Å². The summed E-state index contributed by atoms with van der Waals surface area (Å²) in [6.45, 7) is 1.11. The van der Waals surface area contributed by atoms with E-state index >= 15 is 0 Å². The van der Waals surface area contributed by atoms with Crippen LogP contribution in [0.15, 0.2) is 18.2 Å². The summed E-state index contributed by atoms with van der Waals surface area (Å²) in [7, 11) is -2.76. The molecule has 1 heterocycles. The van der Waals surface area contributed by atoms with Crippen LogP contribution in [0.1, 0.15) is 16.1 Å². The fourth-order valence-electron chi connectivity index (χ4n) is 1.83. The van der Waals surface area contributed by atoms with Crippen molar-refractivity contribution in [2.75, 3.05) is 19.0 Å². The molecule has 0 aliphatic carbocycles. The van der Waals surface area contributed by atoms with Gasteiger partial charge in [0.25, 0.3) is 5.91 Å². The number of benzene rings is 1. The normalized spacial score (nSPS) is 11.5. The van der Waals surface area contributed by atoms with Gasteiger partial charge in [0.05, 0.1) is 10.7 Å². The molecular formula is C14H15ClFN3O4S2. The molecule has 7 nitrogen and oxygen atoms in total. The summed E-state index contributed by atoms with van der Waals surface area (Å²) in [5.74, 6) is -1.14. The Morgan fingerprint density at radius 1 is 1.44 bits per heavy atom. The summed E-state index contributed by atoms with van der Waals surface area (Å²) in [5.41, 5.74) is 1.50. The fourth-order valence-corrected chi connectivity index (χ4v) is 3.42. The molecule has 0 aliphatic rings. The van der Waals surface area contributed by atoms with Crippen LogP contribution >= 0.6 is 22.9 Å². The minimum atomic E-state index is -3.93. The highest BCUT2D eigenvalue weighted by Crippen LogP contribution is 2.26. The van der Waals surface area contributed by atoms with Gasteiger partial charge in [-0.2, -0.15) is 13.1 Å². The lowest BCUT2D eigenvalue weighted by molar-refractivity contribution is -0.118. The summed E-state index contributed by atoms with van der Waals surface area (Å²) >= 11 is 7.00. The summed E-state index contributed by atoms with van der Waals surface area (Å²) in [6, 6.07) is 4.44. The maximum atomic E-state index is 13.2. The molecule has 0 fully saturated rings. The first-order valence-corrected chi connectivity index (χ1v) is 9.58. The number of carbonyl (C=O) groups excluding carboxylic acids is 1. The lowest BCUT2D eigenvalue weighted by Gasteiger charge is -2.03. The van der Waals surface area contributed by atoms with E-state index in [9.17, 15) is 17.6 Å². The quantitative estimate of drug-likeness (QED) is 0.733. The van der Waals surface area contributed by atoms with E-state index < -0.39 is 28.6 Å². The van der Waals surface area contributed by atoms with Gasteiger partial charge >= 0.3 is 10.3 Å². The second kappa shape index (κ2) is 8.19.